The molecule has 0 saturated heterocycles. The van der Waals surface area contributed by atoms with Gasteiger partial charge in [0, 0.05) is 5.56 Å². The smallest absolute Gasteiger partial charge is 0.203 e. The summed E-state index contributed by atoms with van der Waals surface area (Å²) in [5.41, 5.74) is 1.77. The second kappa shape index (κ2) is 7.34. The zero-order valence-corrected chi connectivity index (χ0v) is 13.7. The number of aromatic hydroxyl groups is 1. The lowest BCUT2D eigenvalue weighted by Crippen LogP contribution is -2.04. The Hall–Kier alpha value is -3.26. The summed E-state index contributed by atoms with van der Waals surface area (Å²) in [4.78, 5) is 12.6. The Labute approximate surface area is 140 Å². The van der Waals surface area contributed by atoms with E-state index in [0.717, 1.165) is 5.56 Å². The quantitative estimate of drug-likeness (QED) is 0.517. The van der Waals surface area contributed by atoms with Crippen molar-refractivity contribution in [1.82, 2.24) is 0 Å². The number of methoxy groups -OCH3 is 2. The summed E-state index contributed by atoms with van der Waals surface area (Å²) < 4.78 is 10.2. The molecular formula is C19H17NO4. The van der Waals surface area contributed by atoms with Crippen LogP contribution in [0.4, 0.5) is 0 Å². The van der Waals surface area contributed by atoms with E-state index < -0.39 is 0 Å². The van der Waals surface area contributed by atoms with Crippen molar-refractivity contribution in [2.75, 3.05) is 14.2 Å². The second-order valence-electron chi connectivity index (χ2n) is 5.09. The van der Waals surface area contributed by atoms with Gasteiger partial charge >= 0.3 is 0 Å². The van der Waals surface area contributed by atoms with E-state index in [-0.39, 0.29) is 28.6 Å². The molecule has 0 radical (unpaired) electrons. The fourth-order valence-electron chi connectivity index (χ4n) is 2.29. The number of rotatable bonds is 5. The number of aryl methyl sites for hydroxylation is 1. The first-order valence-corrected chi connectivity index (χ1v) is 7.19. The number of ether oxygens (including phenoxy) is 2. The summed E-state index contributed by atoms with van der Waals surface area (Å²) in [5.74, 6) is -0.107. The van der Waals surface area contributed by atoms with Gasteiger partial charge in [-0.2, -0.15) is 5.26 Å². The molecule has 0 aromatic heterocycles. The van der Waals surface area contributed by atoms with Crippen LogP contribution in [0.1, 0.15) is 21.5 Å². The molecule has 5 nitrogen and oxygen atoms in total. The van der Waals surface area contributed by atoms with Crippen molar-refractivity contribution >= 4 is 11.9 Å². The number of phenols is 1. The molecule has 0 aliphatic heterocycles. The van der Waals surface area contributed by atoms with Gasteiger partial charge in [0.25, 0.3) is 0 Å². The molecule has 5 heteroatoms. The minimum atomic E-state index is -0.360. The summed E-state index contributed by atoms with van der Waals surface area (Å²) >= 11 is 0. The largest absolute Gasteiger partial charge is 0.502 e. The Morgan fingerprint density at radius 2 is 1.75 bits per heavy atom. The molecule has 1 N–H and O–H groups in total. The molecule has 0 aliphatic rings. The van der Waals surface area contributed by atoms with Gasteiger partial charge in [-0.3, -0.25) is 4.79 Å². The van der Waals surface area contributed by atoms with E-state index in [1.54, 1.807) is 12.1 Å². The van der Waals surface area contributed by atoms with Crippen LogP contribution in [0.5, 0.6) is 17.2 Å². The first kappa shape index (κ1) is 17.1. The molecule has 0 aliphatic carbocycles. The molecule has 0 bridgehead atoms. The average Bonchev–Trinajstić information content (AvgIpc) is 2.60. The van der Waals surface area contributed by atoms with Crippen LogP contribution in [-0.4, -0.2) is 25.1 Å². The van der Waals surface area contributed by atoms with E-state index in [0.29, 0.717) is 11.1 Å². The lowest BCUT2D eigenvalue weighted by atomic mass is 9.98. The number of nitrogens with zero attached hydrogens (tertiary/aromatic N) is 1. The average molecular weight is 323 g/mol. The standard InChI is InChI=1S/C19H17NO4/c1-12-6-4-5-7-15(12)18(21)14(11-20)8-13-9-16(23-2)19(22)17(10-13)24-3/h4-10,22H,1-3H3/b14-8+. The Morgan fingerprint density at radius 3 is 2.25 bits per heavy atom. The fourth-order valence-corrected chi connectivity index (χ4v) is 2.29. The third-order valence-electron chi connectivity index (χ3n) is 3.57. The van der Waals surface area contributed by atoms with E-state index in [4.69, 9.17) is 9.47 Å². The van der Waals surface area contributed by atoms with Crippen molar-refractivity contribution in [1.29, 1.82) is 5.26 Å². The van der Waals surface area contributed by atoms with Crippen LogP contribution in [0.2, 0.25) is 0 Å². The molecule has 24 heavy (non-hydrogen) atoms. The second-order valence-corrected chi connectivity index (χ2v) is 5.09. The monoisotopic (exact) mass is 323 g/mol. The van der Waals surface area contributed by atoms with Gasteiger partial charge in [-0.05, 0) is 36.3 Å². The molecule has 0 saturated carbocycles. The summed E-state index contributed by atoms with van der Waals surface area (Å²) in [6.45, 7) is 1.81. The molecule has 0 fully saturated rings. The van der Waals surface area contributed by atoms with Crippen molar-refractivity contribution in [2.24, 2.45) is 0 Å². The Morgan fingerprint density at radius 1 is 1.17 bits per heavy atom. The normalized spacial score (nSPS) is 10.8. The van der Waals surface area contributed by atoms with Crippen LogP contribution in [0.25, 0.3) is 6.08 Å². The van der Waals surface area contributed by atoms with Crippen molar-refractivity contribution < 1.29 is 19.4 Å². The maximum absolute atomic E-state index is 12.6. The first-order valence-electron chi connectivity index (χ1n) is 7.19. The Kier molecular flexibility index (Phi) is 5.23. The number of nitriles is 1. The van der Waals surface area contributed by atoms with Gasteiger partial charge in [-0.15, -0.1) is 0 Å². The fraction of sp³-hybridized carbons (Fsp3) is 0.158. The number of ketones is 1. The molecule has 0 spiro atoms. The maximum atomic E-state index is 12.6. The zero-order valence-electron chi connectivity index (χ0n) is 13.7. The highest BCUT2D eigenvalue weighted by Gasteiger charge is 2.16. The number of benzene rings is 2. The number of carbonyl (C=O) groups excluding carboxylic acids is 1. The summed E-state index contributed by atoms with van der Waals surface area (Å²) in [7, 11) is 2.82. The van der Waals surface area contributed by atoms with Crippen molar-refractivity contribution in [2.45, 2.75) is 6.92 Å². The van der Waals surface area contributed by atoms with Crippen molar-refractivity contribution in [3.05, 3.63) is 58.7 Å². The highest BCUT2D eigenvalue weighted by Crippen LogP contribution is 2.37. The number of hydrogen-bond donors (Lipinski definition) is 1. The third-order valence-corrected chi connectivity index (χ3v) is 3.57. The molecule has 0 amide bonds. The number of Topliss-reactive ketones (excluding diaryl/α,β-unsaturated/α-hetero) is 1. The molecule has 2 aromatic carbocycles. The van der Waals surface area contributed by atoms with E-state index in [1.165, 1.54) is 32.4 Å². The first-order chi connectivity index (χ1) is 11.5. The third kappa shape index (κ3) is 3.39. The van der Waals surface area contributed by atoms with Gasteiger partial charge in [0.05, 0.1) is 14.2 Å². The Bertz CT molecular complexity index is 822. The zero-order chi connectivity index (χ0) is 17.7. The van der Waals surface area contributed by atoms with Crippen LogP contribution < -0.4 is 9.47 Å². The van der Waals surface area contributed by atoms with Gasteiger partial charge in [-0.1, -0.05) is 24.3 Å². The van der Waals surface area contributed by atoms with Gasteiger partial charge < -0.3 is 14.6 Å². The lowest BCUT2D eigenvalue weighted by molar-refractivity contribution is 0.103. The highest BCUT2D eigenvalue weighted by atomic mass is 16.5. The van der Waals surface area contributed by atoms with Crippen LogP contribution >= 0.6 is 0 Å². The molecule has 2 aromatic rings. The molecule has 0 unspecified atom stereocenters. The van der Waals surface area contributed by atoms with E-state index in [9.17, 15) is 15.2 Å². The molecule has 0 heterocycles. The lowest BCUT2D eigenvalue weighted by Gasteiger charge is -2.10. The van der Waals surface area contributed by atoms with Gasteiger partial charge in [-0.25, -0.2) is 0 Å². The van der Waals surface area contributed by atoms with E-state index >= 15 is 0 Å². The topological polar surface area (TPSA) is 79.5 Å². The summed E-state index contributed by atoms with van der Waals surface area (Å²) in [5, 5.41) is 19.3. The number of carbonyl (C=O) groups is 1. The molecule has 2 rings (SSSR count). The van der Waals surface area contributed by atoms with Crippen LogP contribution in [0.15, 0.2) is 42.0 Å². The summed E-state index contributed by atoms with van der Waals surface area (Å²) in [6.07, 6.45) is 1.44. The highest BCUT2D eigenvalue weighted by molar-refractivity contribution is 6.14. The van der Waals surface area contributed by atoms with Crippen LogP contribution in [-0.2, 0) is 0 Å². The van der Waals surface area contributed by atoms with Gasteiger partial charge in [0.2, 0.25) is 11.5 Å². The number of hydrogen-bond acceptors (Lipinski definition) is 5. The van der Waals surface area contributed by atoms with Gasteiger partial charge in [0.15, 0.2) is 11.5 Å². The minimum Gasteiger partial charge on any atom is -0.502 e. The van der Waals surface area contributed by atoms with Crippen molar-refractivity contribution in [3.63, 3.8) is 0 Å². The van der Waals surface area contributed by atoms with Crippen LogP contribution in [0, 0.1) is 18.3 Å². The van der Waals surface area contributed by atoms with Crippen LogP contribution in [0.3, 0.4) is 0 Å². The predicted molar refractivity (Wildman–Crippen MR) is 90.3 cm³/mol. The Balaban J connectivity index is 2.50. The SMILES string of the molecule is COc1cc(/C=C(\C#N)C(=O)c2ccccc2C)cc(OC)c1O. The van der Waals surface area contributed by atoms with Gasteiger partial charge in [0.1, 0.15) is 11.6 Å². The molecular weight excluding hydrogens is 306 g/mol. The maximum Gasteiger partial charge on any atom is 0.203 e. The number of phenolic OH excluding ortho intramolecular Hbond substituents is 1. The minimum absolute atomic E-state index is 0.0147. The summed E-state index contributed by atoms with van der Waals surface area (Å²) in [6, 6.07) is 12.1. The number of allylic oxidation sites excluding steroid dienone is 1. The van der Waals surface area contributed by atoms with E-state index in [1.807, 2.05) is 25.1 Å². The predicted octanol–water partition coefficient (Wildman–Crippen LogP) is 3.51. The van der Waals surface area contributed by atoms with E-state index in [2.05, 4.69) is 0 Å². The molecule has 122 valence electrons. The van der Waals surface area contributed by atoms with Crippen molar-refractivity contribution in [3.8, 4) is 23.3 Å². The molecule has 0 atom stereocenters.